The molecule has 4 heteroatoms. The van der Waals surface area contributed by atoms with Gasteiger partial charge in [0.2, 0.25) is 0 Å². The number of hydrogen-bond donors (Lipinski definition) is 2. The molecular formula is C15H15NO3. The summed E-state index contributed by atoms with van der Waals surface area (Å²) in [7, 11) is 1.62. The van der Waals surface area contributed by atoms with E-state index in [4.69, 9.17) is 9.84 Å². The molecule has 0 amide bonds. The minimum absolute atomic E-state index is 0.300. The summed E-state index contributed by atoms with van der Waals surface area (Å²) >= 11 is 0. The average Bonchev–Trinajstić information content (AvgIpc) is 2.46. The van der Waals surface area contributed by atoms with Gasteiger partial charge in [0.15, 0.2) is 0 Å². The Kier molecular flexibility index (Phi) is 4.03. The summed E-state index contributed by atoms with van der Waals surface area (Å²) in [4.78, 5) is 10.9. The topological polar surface area (TPSA) is 58.6 Å². The lowest BCUT2D eigenvalue weighted by Gasteiger charge is -2.08. The fourth-order valence-corrected chi connectivity index (χ4v) is 1.73. The van der Waals surface area contributed by atoms with Crippen molar-refractivity contribution in [3.05, 3.63) is 59.7 Å². The summed E-state index contributed by atoms with van der Waals surface area (Å²) in [6.45, 7) is 0.577. The zero-order chi connectivity index (χ0) is 13.7. The fourth-order valence-electron chi connectivity index (χ4n) is 1.73. The summed E-state index contributed by atoms with van der Waals surface area (Å²) in [5.74, 6) is -0.107. The minimum Gasteiger partial charge on any atom is -0.497 e. The highest BCUT2D eigenvalue weighted by Gasteiger charge is 2.03. The maximum Gasteiger partial charge on any atom is 0.335 e. The minimum atomic E-state index is -0.911. The molecule has 4 nitrogen and oxygen atoms in total. The zero-order valence-electron chi connectivity index (χ0n) is 10.6. The second kappa shape index (κ2) is 5.91. The Morgan fingerprint density at radius 1 is 1.21 bits per heavy atom. The first-order valence-corrected chi connectivity index (χ1v) is 5.89. The van der Waals surface area contributed by atoms with Gasteiger partial charge in [0, 0.05) is 12.2 Å². The molecule has 2 aromatic rings. The van der Waals surface area contributed by atoms with Crippen molar-refractivity contribution in [1.82, 2.24) is 0 Å². The van der Waals surface area contributed by atoms with Crippen LogP contribution in [0.15, 0.2) is 48.5 Å². The number of hydrogen-bond acceptors (Lipinski definition) is 3. The number of methoxy groups -OCH3 is 1. The fraction of sp³-hybridized carbons (Fsp3) is 0.133. The Morgan fingerprint density at radius 3 is 2.58 bits per heavy atom. The van der Waals surface area contributed by atoms with E-state index in [9.17, 15) is 4.79 Å². The lowest BCUT2D eigenvalue weighted by molar-refractivity contribution is 0.0697. The summed E-state index contributed by atoms with van der Waals surface area (Å²) in [5.41, 5.74) is 2.19. The van der Waals surface area contributed by atoms with Crippen LogP contribution in [0.4, 0.5) is 5.69 Å². The third-order valence-electron chi connectivity index (χ3n) is 2.76. The standard InChI is InChI=1S/C15H15NO3/c1-19-14-7-5-13(6-8-14)16-10-11-3-2-4-12(9-11)15(17)18/h2-9,16H,10H2,1H3,(H,17,18). The molecule has 2 rings (SSSR count). The van der Waals surface area contributed by atoms with Gasteiger partial charge < -0.3 is 15.2 Å². The highest BCUT2D eigenvalue weighted by atomic mass is 16.5. The van der Waals surface area contributed by atoms with Crippen LogP contribution in [0.3, 0.4) is 0 Å². The molecule has 0 atom stereocenters. The van der Waals surface area contributed by atoms with Gasteiger partial charge >= 0.3 is 5.97 Å². The normalized spacial score (nSPS) is 9.95. The van der Waals surface area contributed by atoms with Gasteiger partial charge in [-0.05, 0) is 42.0 Å². The first-order valence-electron chi connectivity index (χ1n) is 5.89. The van der Waals surface area contributed by atoms with Crippen LogP contribution in [-0.2, 0) is 6.54 Å². The predicted molar refractivity (Wildman–Crippen MR) is 73.7 cm³/mol. The molecule has 0 spiro atoms. The van der Waals surface area contributed by atoms with E-state index in [-0.39, 0.29) is 0 Å². The van der Waals surface area contributed by atoms with Crippen molar-refractivity contribution in [2.75, 3.05) is 12.4 Å². The largest absolute Gasteiger partial charge is 0.497 e. The molecule has 19 heavy (non-hydrogen) atoms. The lowest BCUT2D eigenvalue weighted by Crippen LogP contribution is -2.02. The van der Waals surface area contributed by atoms with Crippen molar-refractivity contribution in [3.63, 3.8) is 0 Å². The maximum atomic E-state index is 10.9. The third-order valence-corrected chi connectivity index (χ3v) is 2.76. The van der Waals surface area contributed by atoms with E-state index in [2.05, 4.69) is 5.32 Å². The Bertz CT molecular complexity index is 564. The molecule has 0 saturated heterocycles. The molecule has 0 aromatic heterocycles. The number of carboxylic acid groups (broad SMARTS) is 1. The van der Waals surface area contributed by atoms with Crippen molar-refractivity contribution in [2.24, 2.45) is 0 Å². The maximum absolute atomic E-state index is 10.9. The quantitative estimate of drug-likeness (QED) is 0.864. The van der Waals surface area contributed by atoms with Gasteiger partial charge in [0.25, 0.3) is 0 Å². The van der Waals surface area contributed by atoms with Crippen molar-refractivity contribution < 1.29 is 14.6 Å². The Labute approximate surface area is 111 Å². The number of aromatic carboxylic acids is 1. The molecule has 0 radical (unpaired) electrons. The van der Waals surface area contributed by atoms with E-state index in [1.165, 1.54) is 0 Å². The predicted octanol–water partition coefficient (Wildman–Crippen LogP) is 3.01. The van der Waals surface area contributed by atoms with Gasteiger partial charge in [-0.2, -0.15) is 0 Å². The van der Waals surface area contributed by atoms with E-state index in [1.54, 1.807) is 25.3 Å². The Balaban J connectivity index is 2.01. The zero-order valence-corrected chi connectivity index (χ0v) is 10.6. The molecule has 0 aliphatic carbocycles. The summed E-state index contributed by atoms with van der Waals surface area (Å²) in [6, 6.07) is 14.5. The molecule has 98 valence electrons. The van der Waals surface area contributed by atoms with Gasteiger partial charge in [0.1, 0.15) is 5.75 Å². The summed E-state index contributed by atoms with van der Waals surface area (Å²) in [5, 5.41) is 12.1. The molecule has 0 fully saturated rings. The second-order valence-electron chi connectivity index (χ2n) is 4.09. The molecule has 0 unspecified atom stereocenters. The lowest BCUT2D eigenvalue weighted by atomic mass is 10.1. The molecule has 0 aliphatic rings. The van der Waals surface area contributed by atoms with E-state index in [1.807, 2.05) is 30.3 Å². The number of rotatable bonds is 5. The molecular weight excluding hydrogens is 242 g/mol. The molecule has 0 bridgehead atoms. The van der Waals surface area contributed by atoms with Crippen LogP contribution < -0.4 is 10.1 Å². The number of carbonyl (C=O) groups is 1. The first-order chi connectivity index (χ1) is 9.19. The molecule has 2 aromatic carbocycles. The number of nitrogens with one attached hydrogen (secondary N) is 1. The number of carboxylic acids is 1. The monoisotopic (exact) mass is 257 g/mol. The smallest absolute Gasteiger partial charge is 0.335 e. The highest BCUT2D eigenvalue weighted by molar-refractivity contribution is 5.87. The Morgan fingerprint density at radius 2 is 1.95 bits per heavy atom. The van der Waals surface area contributed by atoms with Crippen molar-refractivity contribution >= 4 is 11.7 Å². The van der Waals surface area contributed by atoms with Crippen molar-refractivity contribution in [3.8, 4) is 5.75 Å². The van der Waals surface area contributed by atoms with Crippen LogP contribution in [0.25, 0.3) is 0 Å². The van der Waals surface area contributed by atoms with Gasteiger partial charge in [0.05, 0.1) is 12.7 Å². The van der Waals surface area contributed by atoms with E-state index >= 15 is 0 Å². The van der Waals surface area contributed by atoms with Crippen LogP contribution in [0, 0.1) is 0 Å². The van der Waals surface area contributed by atoms with Crippen LogP contribution >= 0.6 is 0 Å². The van der Waals surface area contributed by atoms with E-state index in [0.29, 0.717) is 12.1 Å². The average molecular weight is 257 g/mol. The highest BCUT2D eigenvalue weighted by Crippen LogP contribution is 2.16. The summed E-state index contributed by atoms with van der Waals surface area (Å²) < 4.78 is 5.08. The molecule has 0 saturated carbocycles. The third kappa shape index (κ3) is 3.48. The van der Waals surface area contributed by atoms with Crippen LogP contribution in [0.2, 0.25) is 0 Å². The number of ether oxygens (including phenoxy) is 1. The molecule has 0 aliphatic heterocycles. The Hall–Kier alpha value is -2.49. The van der Waals surface area contributed by atoms with Crippen molar-refractivity contribution in [2.45, 2.75) is 6.54 Å². The summed E-state index contributed by atoms with van der Waals surface area (Å²) in [6.07, 6.45) is 0. The van der Waals surface area contributed by atoms with Crippen LogP contribution in [-0.4, -0.2) is 18.2 Å². The number of anilines is 1. The molecule has 0 heterocycles. The van der Waals surface area contributed by atoms with Gasteiger partial charge in [-0.25, -0.2) is 4.79 Å². The van der Waals surface area contributed by atoms with E-state index < -0.39 is 5.97 Å². The van der Waals surface area contributed by atoms with Gasteiger partial charge in [-0.3, -0.25) is 0 Å². The van der Waals surface area contributed by atoms with Crippen molar-refractivity contribution in [1.29, 1.82) is 0 Å². The SMILES string of the molecule is COc1ccc(NCc2cccc(C(=O)O)c2)cc1. The van der Waals surface area contributed by atoms with E-state index in [0.717, 1.165) is 17.0 Å². The van der Waals surface area contributed by atoms with Crippen LogP contribution in [0.5, 0.6) is 5.75 Å². The van der Waals surface area contributed by atoms with Gasteiger partial charge in [-0.1, -0.05) is 12.1 Å². The first kappa shape index (κ1) is 13.0. The number of benzene rings is 2. The van der Waals surface area contributed by atoms with Crippen LogP contribution in [0.1, 0.15) is 15.9 Å². The second-order valence-corrected chi connectivity index (χ2v) is 4.09. The van der Waals surface area contributed by atoms with Gasteiger partial charge in [-0.15, -0.1) is 0 Å². The molecule has 2 N–H and O–H groups in total.